The maximum atomic E-state index is 12.2. The van der Waals surface area contributed by atoms with Crippen LogP contribution >= 0.6 is 11.3 Å². The highest BCUT2D eigenvalue weighted by molar-refractivity contribution is 7.13. The zero-order valence-electron chi connectivity index (χ0n) is 10.1. The van der Waals surface area contributed by atoms with Crippen molar-refractivity contribution < 1.29 is 13.2 Å². The van der Waals surface area contributed by atoms with Crippen LogP contribution in [0.5, 0.6) is 0 Å². The Morgan fingerprint density at radius 2 is 1.95 bits per heavy atom. The van der Waals surface area contributed by atoms with E-state index in [1.54, 1.807) is 23.8 Å². The minimum Gasteiger partial charge on any atom is -0.292 e. The lowest BCUT2D eigenvalue weighted by molar-refractivity contribution is -0.144. The lowest BCUT2D eigenvalue weighted by Crippen LogP contribution is -2.30. The highest BCUT2D eigenvalue weighted by atomic mass is 32.1. The number of nitrogens with zero attached hydrogens (tertiary/aromatic N) is 4. The van der Waals surface area contributed by atoms with E-state index in [1.165, 1.54) is 23.3 Å². The minimum atomic E-state index is -4.20. The molecule has 4 nitrogen and oxygen atoms in total. The highest BCUT2D eigenvalue weighted by Gasteiger charge is 2.29. The summed E-state index contributed by atoms with van der Waals surface area (Å²) in [6.45, 7) is -0.815. The zero-order valence-corrected chi connectivity index (χ0v) is 10.9. The van der Waals surface area contributed by atoms with Crippen molar-refractivity contribution in [1.29, 1.82) is 0 Å². The fourth-order valence-corrected chi connectivity index (χ4v) is 2.29. The molecular formula is C11H11F3N4S. The molecule has 0 spiro atoms. The van der Waals surface area contributed by atoms with Gasteiger partial charge in [0.2, 0.25) is 0 Å². The first-order valence-corrected chi connectivity index (χ1v) is 6.29. The van der Waals surface area contributed by atoms with Crippen LogP contribution in [0.2, 0.25) is 0 Å². The molecule has 0 aliphatic heterocycles. The van der Waals surface area contributed by atoms with Crippen LogP contribution in [0.1, 0.15) is 5.69 Å². The van der Waals surface area contributed by atoms with Crippen LogP contribution in [0.25, 0.3) is 10.8 Å². The van der Waals surface area contributed by atoms with Gasteiger partial charge in [-0.15, -0.1) is 11.3 Å². The summed E-state index contributed by atoms with van der Waals surface area (Å²) >= 11 is 1.32. The van der Waals surface area contributed by atoms with Crippen molar-refractivity contribution in [2.75, 3.05) is 13.6 Å². The summed E-state index contributed by atoms with van der Waals surface area (Å²) in [6, 6.07) is 1.69. The van der Waals surface area contributed by atoms with E-state index in [4.69, 9.17) is 0 Å². The van der Waals surface area contributed by atoms with E-state index >= 15 is 0 Å². The predicted octanol–water partition coefficient (Wildman–Crippen LogP) is 2.59. The molecule has 0 unspecified atom stereocenters. The summed E-state index contributed by atoms with van der Waals surface area (Å²) in [7, 11) is 1.41. The number of rotatable bonds is 4. The monoisotopic (exact) mass is 288 g/mol. The molecule has 0 N–H and O–H groups in total. The Kier molecular flexibility index (Phi) is 4.11. The van der Waals surface area contributed by atoms with Crippen LogP contribution in [0.4, 0.5) is 13.2 Å². The Morgan fingerprint density at radius 1 is 1.26 bits per heavy atom. The van der Waals surface area contributed by atoms with Gasteiger partial charge in [0.1, 0.15) is 0 Å². The molecule has 0 saturated heterocycles. The van der Waals surface area contributed by atoms with Crippen LogP contribution in [0, 0.1) is 0 Å². The fourth-order valence-electron chi connectivity index (χ4n) is 1.53. The standard InChI is InChI=1S/C11H11F3N4S/c1-18(7-11(12,13)14)5-8-6-19-10(17-8)9-15-3-2-4-16-9/h2-4,6H,5,7H2,1H3. The third-order valence-electron chi connectivity index (χ3n) is 2.19. The fraction of sp³-hybridized carbons (Fsp3) is 0.364. The van der Waals surface area contributed by atoms with E-state index < -0.39 is 12.7 Å². The Balaban J connectivity index is 2.02. The molecule has 0 fully saturated rings. The molecule has 0 aromatic carbocycles. The topological polar surface area (TPSA) is 41.9 Å². The van der Waals surface area contributed by atoms with E-state index in [-0.39, 0.29) is 6.54 Å². The van der Waals surface area contributed by atoms with Gasteiger partial charge in [-0.25, -0.2) is 15.0 Å². The number of alkyl halides is 3. The first-order chi connectivity index (χ1) is 8.94. The minimum absolute atomic E-state index is 0.142. The van der Waals surface area contributed by atoms with E-state index in [0.717, 1.165) is 0 Å². The second kappa shape index (κ2) is 5.62. The second-order valence-corrected chi connectivity index (χ2v) is 4.86. The molecule has 8 heteroatoms. The number of hydrogen-bond donors (Lipinski definition) is 0. The van der Waals surface area contributed by atoms with Crippen LogP contribution < -0.4 is 0 Å². The van der Waals surface area contributed by atoms with E-state index in [0.29, 0.717) is 16.5 Å². The van der Waals surface area contributed by atoms with Gasteiger partial charge in [-0.1, -0.05) is 0 Å². The average Bonchev–Trinajstić information content (AvgIpc) is 2.76. The first kappa shape index (κ1) is 13.9. The molecule has 0 amide bonds. The maximum absolute atomic E-state index is 12.2. The van der Waals surface area contributed by atoms with E-state index in [9.17, 15) is 13.2 Å². The lowest BCUT2D eigenvalue weighted by Gasteiger charge is -2.16. The predicted molar refractivity (Wildman–Crippen MR) is 65.5 cm³/mol. The van der Waals surface area contributed by atoms with Gasteiger partial charge < -0.3 is 0 Å². The van der Waals surface area contributed by atoms with Gasteiger partial charge in [0, 0.05) is 24.3 Å². The van der Waals surface area contributed by atoms with Gasteiger partial charge in [0.25, 0.3) is 0 Å². The molecule has 0 atom stereocenters. The molecule has 0 bridgehead atoms. The molecule has 2 heterocycles. The maximum Gasteiger partial charge on any atom is 0.401 e. The Morgan fingerprint density at radius 3 is 2.58 bits per heavy atom. The molecule has 2 rings (SSSR count). The summed E-state index contributed by atoms with van der Waals surface area (Å²) in [5.74, 6) is 0.484. The molecule has 19 heavy (non-hydrogen) atoms. The highest BCUT2D eigenvalue weighted by Crippen LogP contribution is 2.21. The average molecular weight is 288 g/mol. The number of aromatic nitrogens is 3. The summed E-state index contributed by atoms with van der Waals surface area (Å²) in [5, 5.41) is 2.33. The molecule has 0 aliphatic rings. The Hall–Kier alpha value is -1.54. The van der Waals surface area contributed by atoms with Crippen molar-refractivity contribution in [1.82, 2.24) is 19.9 Å². The number of hydrogen-bond acceptors (Lipinski definition) is 5. The molecule has 2 aromatic heterocycles. The molecule has 0 radical (unpaired) electrons. The van der Waals surface area contributed by atoms with Crippen LogP contribution in [0.15, 0.2) is 23.8 Å². The van der Waals surface area contributed by atoms with Crippen LogP contribution in [-0.4, -0.2) is 39.6 Å². The third kappa shape index (κ3) is 4.25. The van der Waals surface area contributed by atoms with Crippen LogP contribution in [-0.2, 0) is 6.54 Å². The van der Waals surface area contributed by atoms with Gasteiger partial charge in [-0.2, -0.15) is 13.2 Å². The molecular weight excluding hydrogens is 277 g/mol. The van der Waals surface area contributed by atoms with Crippen molar-refractivity contribution in [3.05, 3.63) is 29.5 Å². The summed E-state index contributed by atoms with van der Waals surface area (Å²) in [4.78, 5) is 13.5. The van der Waals surface area contributed by atoms with E-state index in [2.05, 4.69) is 15.0 Å². The summed E-state index contributed by atoms with van der Waals surface area (Å²) in [5.41, 5.74) is 0.583. The van der Waals surface area contributed by atoms with Crippen LogP contribution in [0.3, 0.4) is 0 Å². The van der Waals surface area contributed by atoms with Crippen molar-refractivity contribution in [2.24, 2.45) is 0 Å². The molecule has 0 aliphatic carbocycles. The van der Waals surface area contributed by atoms with Gasteiger partial charge in [-0.3, -0.25) is 4.90 Å². The zero-order chi connectivity index (χ0) is 13.9. The van der Waals surface area contributed by atoms with Crippen molar-refractivity contribution in [2.45, 2.75) is 12.7 Å². The third-order valence-corrected chi connectivity index (χ3v) is 3.08. The second-order valence-electron chi connectivity index (χ2n) is 4.00. The molecule has 0 saturated carbocycles. The summed E-state index contributed by atoms with van der Waals surface area (Å²) in [6.07, 6.45) is -1.01. The van der Waals surface area contributed by atoms with Gasteiger partial charge in [0.05, 0.1) is 12.2 Å². The SMILES string of the molecule is CN(Cc1csc(-c2ncccn2)n1)CC(F)(F)F. The molecule has 2 aromatic rings. The van der Waals surface area contributed by atoms with Gasteiger partial charge in [-0.05, 0) is 13.1 Å². The van der Waals surface area contributed by atoms with Gasteiger partial charge >= 0.3 is 6.18 Å². The lowest BCUT2D eigenvalue weighted by atomic mass is 10.4. The van der Waals surface area contributed by atoms with Crippen molar-refractivity contribution in [3.8, 4) is 10.8 Å². The molecule has 102 valence electrons. The van der Waals surface area contributed by atoms with E-state index in [1.807, 2.05) is 0 Å². The van der Waals surface area contributed by atoms with Gasteiger partial charge in [0.15, 0.2) is 10.8 Å². The Labute approximate surface area is 112 Å². The van der Waals surface area contributed by atoms with Crippen molar-refractivity contribution in [3.63, 3.8) is 0 Å². The number of thiazole rings is 1. The first-order valence-electron chi connectivity index (χ1n) is 5.41. The quantitative estimate of drug-likeness (QED) is 0.867. The smallest absolute Gasteiger partial charge is 0.292 e. The van der Waals surface area contributed by atoms with Crippen molar-refractivity contribution >= 4 is 11.3 Å². The summed E-state index contributed by atoms with van der Waals surface area (Å²) < 4.78 is 36.6. The number of halogens is 3. The normalized spacial score (nSPS) is 12.1. The largest absolute Gasteiger partial charge is 0.401 e. The Bertz CT molecular complexity index is 526.